The lowest BCUT2D eigenvalue weighted by Crippen LogP contribution is -2.39. The first-order valence-electron chi connectivity index (χ1n) is 6.34. The highest BCUT2D eigenvalue weighted by atomic mass is 32.2. The predicted molar refractivity (Wildman–Crippen MR) is 73.8 cm³/mol. The van der Waals surface area contributed by atoms with E-state index in [-0.39, 0.29) is 24.1 Å². The summed E-state index contributed by atoms with van der Waals surface area (Å²) < 4.78 is 0. The van der Waals surface area contributed by atoms with Crippen molar-refractivity contribution in [3.05, 3.63) is 24.4 Å². The number of nitrogens with zero attached hydrogens (tertiary/aromatic N) is 2. The molecule has 1 aliphatic rings. The quantitative estimate of drug-likeness (QED) is 0.814. The van der Waals surface area contributed by atoms with E-state index in [9.17, 15) is 9.59 Å². The molecular formula is C13H17N3O2S. The number of hydrogen-bond donors (Lipinski definition) is 1. The van der Waals surface area contributed by atoms with E-state index >= 15 is 0 Å². The van der Waals surface area contributed by atoms with E-state index in [1.165, 1.54) is 11.8 Å². The van der Waals surface area contributed by atoms with Gasteiger partial charge in [-0.1, -0.05) is 17.8 Å². The smallest absolute Gasteiger partial charge is 0.241 e. The molecule has 0 unspecified atom stereocenters. The summed E-state index contributed by atoms with van der Waals surface area (Å²) in [7, 11) is 0. The van der Waals surface area contributed by atoms with Crippen LogP contribution in [0.25, 0.3) is 0 Å². The van der Waals surface area contributed by atoms with Gasteiger partial charge >= 0.3 is 0 Å². The zero-order valence-electron chi connectivity index (χ0n) is 10.7. The second kappa shape index (κ2) is 7.13. The first kappa shape index (κ1) is 13.9. The van der Waals surface area contributed by atoms with Crippen LogP contribution < -0.4 is 5.32 Å². The van der Waals surface area contributed by atoms with Crippen LogP contribution in [0.4, 0.5) is 0 Å². The van der Waals surface area contributed by atoms with Gasteiger partial charge in [0.1, 0.15) is 0 Å². The Morgan fingerprint density at radius 3 is 2.79 bits per heavy atom. The Bertz CT molecular complexity index is 433. The maximum absolute atomic E-state index is 11.7. The van der Waals surface area contributed by atoms with Crippen LogP contribution in [0.2, 0.25) is 0 Å². The molecular weight excluding hydrogens is 262 g/mol. The van der Waals surface area contributed by atoms with Gasteiger partial charge in [-0.25, -0.2) is 4.98 Å². The van der Waals surface area contributed by atoms with Gasteiger partial charge in [0.15, 0.2) is 0 Å². The molecule has 1 aromatic heterocycles. The fourth-order valence-corrected chi connectivity index (χ4v) is 2.57. The third-order valence-corrected chi connectivity index (χ3v) is 3.83. The van der Waals surface area contributed by atoms with Crippen molar-refractivity contribution in [3.63, 3.8) is 0 Å². The van der Waals surface area contributed by atoms with Gasteiger partial charge in [-0.3, -0.25) is 9.59 Å². The molecule has 0 aromatic carbocycles. The second-order valence-corrected chi connectivity index (χ2v) is 5.32. The molecule has 6 heteroatoms. The Morgan fingerprint density at radius 1 is 1.32 bits per heavy atom. The molecule has 1 saturated heterocycles. The molecule has 102 valence electrons. The molecule has 1 aromatic rings. The van der Waals surface area contributed by atoms with Crippen LogP contribution in [0.1, 0.15) is 12.8 Å². The van der Waals surface area contributed by atoms with Gasteiger partial charge in [0.25, 0.3) is 0 Å². The molecule has 0 saturated carbocycles. The number of amides is 2. The number of likely N-dealkylation sites (tertiary alicyclic amines) is 1. The summed E-state index contributed by atoms with van der Waals surface area (Å²) in [4.78, 5) is 29.2. The van der Waals surface area contributed by atoms with Crippen LogP contribution >= 0.6 is 11.8 Å². The maximum atomic E-state index is 11.7. The lowest BCUT2D eigenvalue weighted by molar-refractivity contribution is -0.131. The van der Waals surface area contributed by atoms with Gasteiger partial charge in [0, 0.05) is 19.3 Å². The number of rotatable bonds is 5. The Hall–Kier alpha value is -1.56. The van der Waals surface area contributed by atoms with Crippen LogP contribution in [-0.4, -0.2) is 47.1 Å². The normalized spacial score (nSPS) is 14.4. The summed E-state index contributed by atoms with van der Waals surface area (Å²) in [5.41, 5.74) is 0. The van der Waals surface area contributed by atoms with Crippen molar-refractivity contribution < 1.29 is 9.59 Å². The number of hydrogen-bond acceptors (Lipinski definition) is 4. The van der Waals surface area contributed by atoms with Gasteiger partial charge in [0.05, 0.1) is 17.3 Å². The SMILES string of the molecule is O=C(CSc1ccccn1)NCC(=O)N1CCCC1. The number of aromatic nitrogens is 1. The number of pyridine rings is 1. The topological polar surface area (TPSA) is 62.3 Å². The molecule has 2 amide bonds. The summed E-state index contributed by atoms with van der Waals surface area (Å²) in [6.07, 6.45) is 3.82. The average molecular weight is 279 g/mol. The third kappa shape index (κ3) is 4.55. The van der Waals surface area contributed by atoms with Crippen molar-refractivity contribution in [1.29, 1.82) is 0 Å². The summed E-state index contributed by atoms with van der Waals surface area (Å²) in [5.74, 6) is 0.154. The van der Waals surface area contributed by atoms with E-state index in [0.717, 1.165) is 31.0 Å². The minimum absolute atomic E-state index is 0.00804. The fourth-order valence-electron chi connectivity index (χ4n) is 1.88. The summed E-state index contributed by atoms with van der Waals surface area (Å²) in [5, 5.41) is 3.46. The molecule has 0 aliphatic carbocycles. The van der Waals surface area contributed by atoms with E-state index < -0.39 is 0 Å². The zero-order chi connectivity index (χ0) is 13.5. The average Bonchev–Trinajstić information content (AvgIpc) is 2.98. The molecule has 0 radical (unpaired) electrons. The summed E-state index contributed by atoms with van der Waals surface area (Å²) in [6, 6.07) is 5.57. The van der Waals surface area contributed by atoms with Crippen LogP contribution in [0.15, 0.2) is 29.4 Å². The minimum atomic E-state index is -0.136. The highest BCUT2D eigenvalue weighted by molar-refractivity contribution is 7.99. The van der Waals surface area contributed by atoms with Gasteiger partial charge in [-0.05, 0) is 25.0 Å². The van der Waals surface area contributed by atoms with Crippen molar-refractivity contribution in [2.45, 2.75) is 17.9 Å². The number of carbonyl (C=O) groups is 2. The van der Waals surface area contributed by atoms with Crippen molar-refractivity contribution in [2.24, 2.45) is 0 Å². The molecule has 0 spiro atoms. The van der Waals surface area contributed by atoms with Crippen molar-refractivity contribution in [1.82, 2.24) is 15.2 Å². The predicted octanol–water partition coefficient (Wildman–Crippen LogP) is 0.912. The molecule has 1 fully saturated rings. The van der Waals surface area contributed by atoms with E-state index in [1.807, 2.05) is 18.2 Å². The molecule has 1 aliphatic heterocycles. The van der Waals surface area contributed by atoms with Gasteiger partial charge in [0.2, 0.25) is 11.8 Å². The highest BCUT2D eigenvalue weighted by Gasteiger charge is 2.17. The Morgan fingerprint density at radius 2 is 2.11 bits per heavy atom. The van der Waals surface area contributed by atoms with Crippen molar-refractivity contribution in [2.75, 3.05) is 25.4 Å². The number of nitrogens with one attached hydrogen (secondary N) is 1. The summed E-state index contributed by atoms with van der Waals surface area (Å²) in [6.45, 7) is 1.73. The zero-order valence-corrected chi connectivity index (χ0v) is 11.5. The van der Waals surface area contributed by atoms with Crippen LogP contribution in [-0.2, 0) is 9.59 Å². The van der Waals surface area contributed by atoms with Crippen molar-refractivity contribution >= 4 is 23.6 Å². The Kier molecular flexibility index (Phi) is 5.20. The van der Waals surface area contributed by atoms with E-state index in [2.05, 4.69) is 10.3 Å². The fraction of sp³-hybridized carbons (Fsp3) is 0.462. The lowest BCUT2D eigenvalue weighted by Gasteiger charge is -2.15. The lowest BCUT2D eigenvalue weighted by atomic mass is 10.4. The monoisotopic (exact) mass is 279 g/mol. The molecule has 1 N–H and O–H groups in total. The second-order valence-electron chi connectivity index (χ2n) is 4.32. The maximum Gasteiger partial charge on any atom is 0.241 e. The molecule has 19 heavy (non-hydrogen) atoms. The molecule has 2 heterocycles. The highest BCUT2D eigenvalue weighted by Crippen LogP contribution is 2.13. The van der Waals surface area contributed by atoms with Crippen LogP contribution in [0.5, 0.6) is 0 Å². The van der Waals surface area contributed by atoms with Gasteiger partial charge in [-0.15, -0.1) is 0 Å². The van der Waals surface area contributed by atoms with Crippen LogP contribution in [0, 0.1) is 0 Å². The molecule has 5 nitrogen and oxygen atoms in total. The molecule has 0 atom stereocenters. The third-order valence-electron chi connectivity index (χ3n) is 2.88. The number of carbonyl (C=O) groups excluding carboxylic acids is 2. The standard InChI is InChI=1S/C13H17N3O2S/c17-11(10-19-12-5-1-2-6-14-12)15-9-13(18)16-7-3-4-8-16/h1-2,5-6H,3-4,7-10H2,(H,15,17). The Balaban J connectivity index is 1.65. The molecule has 2 rings (SSSR count). The van der Waals surface area contributed by atoms with Gasteiger partial charge < -0.3 is 10.2 Å². The van der Waals surface area contributed by atoms with E-state index in [0.29, 0.717) is 0 Å². The Labute approximate surface area is 116 Å². The van der Waals surface area contributed by atoms with E-state index in [1.54, 1.807) is 11.1 Å². The number of thioether (sulfide) groups is 1. The summed E-state index contributed by atoms with van der Waals surface area (Å²) >= 11 is 1.36. The van der Waals surface area contributed by atoms with Gasteiger partial charge in [-0.2, -0.15) is 0 Å². The molecule has 0 bridgehead atoms. The first-order valence-corrected chi connectivity index (χ1v) is 7.32. The van der Waals surface area contributed by atoms with Crippen molar-refractivity contribution in [3.8, 4) is 0 Å². The minimum Gasteiger partial charge on any atom is -0.346 e. The largest absolute Gasteiger partial charge is 0.346 e. The van der Waals surface area contributed by atoms with Crippen LogP contribution in [0.3, 0.4) is 0 Å². The first-order chi connectivity index (χ1) is 9.25. The van der Waals surface area contributed by atoms with E-state index in [4.69, 9.17) is 0 Å².